The van der Waals surface area contributed by atoms with Gasteiger partial charge < -0.3 is 19.7 Å². The van der Waals surface area contributed by atoms with E-state index in [9.17, 15) is 14.4 Å². The molecule has 2 rings (SSSR count). The maximum atomic E-state index is 12.2. The zero-order valence-corrected chi connectivity index (χ0v) is 16.7. The Morgan fingerprint density at radius 3 is 2.57 bits per heavy atom. The van der Waals surface area contributed by atoms with E-state index < -0.39 is 18.5 Å². The van der Waals surface area contributed by atoms with Crippen LogP contribution in [0.1, 0.15) is 10.4 Å². The molecule has 28 heavy (non-hydrogen) atoms. The van der Waals surface area contributed by atoms with Crippen molar-refractivity contribution in [1.29, 1.82) is 0 Å². The SMILES string of the molecule is COc1cccc(NC(=O)CN(C)C(=O)COC(=O)c2ccccc2SC)c1. The summed E-state index contributed by atoms with van der Waals surface area (Å²) < 4.78 is 10.2. The lowest BCUT2D eigenvalue weighted by molar-refractivity contribution is -0.136. The fourth-order valence-corrected chi connectivity index (χ4v) is 2.92. The van der Waals surface area contributed by atoms with Crippen molar-refractivity contribution in [3.8, 4) is 5.75 Å². The van der Waals surface area contributed by atoms with Crippen LogP contribution in [0.3, 0.4) is 0 Å². The first kappa shape index (κ1) is 21.3. The standard InChI is InChI=1S/C20H22N2O5S/c1-22(12-18(23)21-14-7-6-8-15(11-14)26-2)19(24)13-27-20(25)16-9-4-5-10-17(16)28-3/h4-11H,12-13H2,1-3H3,(H,21,23). The Morgan fingerprint density at radius 1 is 1.11 bits per heavy atom. The number of amides is 2. The van der Waals surface area contributed by atoms with Crippen LogP contribution >= 0.6 is 11.8 Å². The Balaban J connectivity index is 1.85. The number of carbonyl (C=O) groups excluding carboxylic acids is 3. The Kier molecular flexibility index (Phi) is 7.88. The van der Waals surface area contributed by atoms with Crippen molar-refractivity contribution in [2.75, 3.05) is 38.9 Å². The molecule has 2 aromatic rings. The molecule has 148 valence electrons. The zero-order chi connectivity index (χ0) is 20.5. The van der Waals surface area contributed by atoms with E-state index in [1.807, 2.05) is 12.3 Å². The summed E-state index contributed by atoms with van der Waals surface area (Å²) in [4.78, 5) is 38.4. The van der Waals surface area contributed by atoms with E-state index in [2.05, 4.69) is 5.32 Å². The summed E-state index contributed by atoms with van der Waals surface area (Å²) in [5.41, 5.74) is 0.964. The summed E-state index contributed by atoms with van der Waals surface area (Å²) in [7, 11) is 3.00. The summed E-state index contributed by atoms with van der Waals surface area (Å²) in [5, 5.41) is 2.68. The van der Waals surface area contributed by atoms with E-state index in [-0.39, 0.29) is 12.5 Å². The van der Waals surface area contributed by atoms with Gasteiger partial charge in [0.1, 0.15) is 5.75 Å². The number of nitrogens with one attached hydrogen (secondary N) is 1. The van der Waals surface area contributed by atoms with Crippen LogP contribution in [0, 0.1) is 0 Å². The van der Waals surface area contributed by atoms with Gasteiger partial charge in [-0.05, 0) is 30.5 Å². The van der Waals surface area contributed by atoms with Crippen LogP contribution < -0.4 is 10.1 Å². The highest BCUT2D eigenvalue weighted by Crippen LogP contribution is 2.20. The molecule has 8 heteroatoms. The van der Waals surface area contributed by atoms with E-state index >= 15 is 0 Å². The first-order valence-corrected chi connectivity index (χ1v) is 9.65. The Bertz CT molecular complexity index is 856. The number of thioether (sulfide) groups is 1. The smallest absolute Gasteiger partial charge is 0.339 e. The van der Waals surface area contributed by atoms with Crippen LogP contribution in [-0.4, -0.2) is 56.2 Å². The van der Waals surface area contributed by atoms with Gasteiger partial charge in [0, 0.05) is 23.7 Å². The molecule has 0 fully saturated rings. The molecule has 0 radical (unpaired) electrons. The molecule has 2 aromatic carbocycles. The molecular weight excluding hydrogens is 380 g/mol. The summed E-state index contributed by atoms with van der Waals surface area (Å²) in [6.45, 7) is -0.612. The number of anilines is 1. The van der Waals surface area contributed by atoms with Gasteiger partial charge in [-0.3, -0.25) is 9.59 Å². The molecular formula is C20H22N2O5S. The van der Waals surface area contributed by atoms with E-state index in [4.69, 9.17) is 9.47 Å². The van der Waals surface area contributed by atoms with Gasteiger partial charge in [0.05, 0.1) is 19.2 Å². The molecule has 7 nitrogen and oxygen atoms in total. The highest BCUT2D eigenvalue weighted by molar-refractivity contribution is 7.98. The minimum Gasteiger partial charge on any atom is -0.497 e. The largest absolute Gasteiger partial charge is 0.497 e. The number of esters is 1. The molecule has 0 heterocycles. The number of likely N-dealkylation sites (N-methyl/N-ethyl adjacent to an activating group) is 1. The molecule has 0 atom stereocenters. The van der Waals surface area contributed by atoms with E-state index in [1.165, 1.54) is 30.8 Å². The molecule has 0 aliphatic heterocycles. The van der Waals surface area contributed by atoms with Gasteiger partial charge in [0.15, 0.2) is 6.61 Å². The van der Waals surface area contributed by atoms with Crippen molar-refractivity contribution >= 4 is 35.2 Å². The third-order valence-corrected chi connectivity index (χ3v) is 4.61. The highest BCUT2D eigenvalue weighted by atomic mass is 32.2. The topological polar surface area (TPSA) is 84.9 Å². The first-order chi connectivity index (χ1) is 13.4. The maximum Gasteiger partial charge on any atom is 0.339 e. The molecule has 0 aliphatic carbocycles. The Labute approximate surface area is 168 Å². The lowest BCUT2D eigenvalue weighted by atomic mass is 10.2. The highest BCUT2D eigenvalue weighted by Gasteiger charge is 2.17. The molecule has 0 saturated carbocycles. The van der Waals surface area contributed by atoms with Crippen molar-refractivity contribution in [3.05, 3.63) is 54.1 Å². The molecule has 0 unspecified atom stereocenters. The predicted octanol–water partition coefficient (Wildman–Crippen LogP) is 2.67. The molecule has 1 N–H and O–H groups in total. The number of rotatable bonds is 8. The number of ether oxygens (including phenoxy) is 2. The first-order valence-electron chi connectivity index (χ1n) is 8.42. The van der Waals surface area contributed by atoms with Gasteiger partial charge >= 0.3 is 5.97 Å². The second-order valence-corrected chi connectivity index (χ2v) is 6.65. The van der Waals surface area contributed by atoms with Crippen LogP contribution in [0.2, 0.25) is 0 Å². The van der Waals surface area contributed by atoms with Gasteiger partial charge in [-0.15, -0.1) is 11.8 Å². The van der Waals surface area contributed by atoms with Crippen LogP contribution in [0.4, 0.5) is 5.69 Å². The summed E-state index contributed by atoms with van der Waals surface area (Å²) >= 11 is 1.42. The second-order valence-electron chi connectivity index (χ2n) is 5.81. The number of methoxy groups -OCH3 is 1. The fourth-order valence-electron chi connectivity index (χ4n) is 2.33. The molecule has 2 amide bonds. The second kappa shape index (κ2) is 10.4. The van der Waals surface area contributed by atoms with Crippen LogP contribution in [0.25, 0.3) is 0 Å². The minimum absolute atomic E-state index is 0.172. The van der Waals surface area contributed by atoms with Gasteiger partial charge in [0.2, 0.25) is 5.91 Å². The van der Waals surface area contributed by atoms with Crippen molar-refractivity contribution in [2.24, 2.45) is 0 Å². The van der Waals surface area contributed by atoms with Gasteiger partial charge in [-0.1, -0.05) is 18.2 Å². The predicted molar refractivity (Wildman–Crippen MR) is 108 cm³/mol. The van der Waals surface area contributed by atoms with Gasteiger partial charge in [0.25, 0.3) is 5.91 Å². The summed E-state index contributed by atoms with van der Waals surface area (Å²) in [6, 6.07) is 13.9. The van der Waals surface area contributed by atoms with Crippen LogP contribution in [0.15, 0.2) is 53.4 Å². The molecule has 0 bridgehead atoms. The normalized spacial score (nSPS) is 10.1. The van der Waals surface area contributed by atoms with Crippen molar-refractivity contribution in [1.82, 2.24) is 4.90 Å². The third kappa shape index (κ3) is 6.02. The number of hydrogen-bond acceptors (Lipinski definition) is 6. The average Bonchev–Trinajstić information content (AvgIpc) is 2.71. The molecule has 0 aliphatic rings. The molecule has 0 spiro atoms. The zero-order valence-electron chi connectivity index (χ0n) is 15.9. The number of nitrogens with zero attached hydrogens (tertiary/aromatic N) is 1. The minimum atomic E-state index is -0.576. The summed E-state index contributed by atoms with van der Waals surface area (Å²) in [6.07, 6.45) is 1.85. The lowest BCUT2D eigenvalue weighted by Crippen LogP contribution is -2.37. The van der Waals surface area contributed by atoms with E-state index in [0.717, 1.165) is 4.90 Å². The van der Waals surface area contributed by atoms with Gasteiger partial charge in [-0.25, -0.2) is 4.79 Å². The van der Waals surface area contributed by atoms with Crippen LogP contribution in [-0.2, 0) is 14.3 Å². The number of carbonyl (C=O) groups is 3. The van der Waals surface area contributed by atoms with Crippen molar-refractivity contribution < 1.29 is 23.9 Å². The third-order valence-electron chi connectivity index (χ3n) is 3.81. The fraction of sp³-hybridized carbons (Fsp3) is 0.250. The van der Waals surface area contributed by atoms with Crippen LogP contribution in [0.5, 0.6) is 5.75 Å². The maximum absolute atomic E-state index is 12.2. The number of hydrogen-bond donors (Lipinski definition) is 1. The van der Waals surface area contributed by atoms with Crippen molar-refractivity contribution in [3.63, 3.8) is 0 Å². The Hall–Kier alpha value is -3.00. The van der Waals surface area contributed by atoms with E-state index in [1.54, 1.807) is 42.5 Å². The van der Waals surface area contributed by atoms with Crippen molar-refractivity contribution in [2.45, 2.75) is 4.90 Å². The van der Waals surface area contributed by atoms with E-state index in [0.29, 0.717) is 17.0 Å². The molecule has 0 aromatic heterocycles. The van der Waals surface area contributed by atoms with Gasteiger partial charge in [-0.2, -0.15) is 0 Å². The average molecular weight is 402 g/mol. The summed E-state index contributed by atoms with van der Waals surface area (Å²) in [5.74, 6) is -0.814. The number of benzene rings is 2. The Morgan fingerprint density at radius 2 is 1.86 bits per heavy atom. The quantitative estimate of drug-likeness (QED) is 0.540. The monoisotopic (exact) mass is 402 g/mol. The molecule has 0 saturated heterocycles. The lowest BCUT2D eigenvalue weighted by Gasteiger charge is -2.17.